The van der Waals surface area contributed by atoms with Gasteiger partial charge in [0, 0.05) is 24.0 Å². The SMILES string of the molecule is CC(C)NCc1cc(S(=O)(=O)NCCOC(C)C)c(Br)s1. The molecule has 0 atom stereocenters. The minimum atomic E-state index is -3.50. The lowest BCUT2D eigenvalue weighted by Gasteiger charge is -2.08. The maximum Gasteiger partial charge on any atom is 0.242 e. The van der Waals surface area contributed by atoms with Gasteiger partial charge in [0.2, 0.25) is 10.0 Å². The van der Waals surface area contributed by atoms with Gasteiger partial charge in [-0.05, 0) is 35.8 Å². The van der Waals surface area contributed by atoms with Crippen molar-refractivity contribution in [2.24, 2.45) is 0 Å². The molecule has 0 aliphatic carbocycles. The number of nitrogens with one attached hydrogen (secondary N) is 2. The zero-order chi connectivity index (χ0) is 16.0. The number of hydrogen-bond donors (Lipinski definition) is 2. The van der Waals surface area contributed by atoms with Crippen LogP contribution in [0.15, 0.2) is 14.7 Å². The van der Waals surface area contributed by atoms with Crippen LogP contribution in [0.4, 0.5) is 0 Å². The van der Waals surface area contributed by atoms with E-state index in [1.165, 1.54) is 11.3 Å². The first-order valence-electron chi connectivity index (χ1n) is 6.85. The van der Waals surface area contributed by atoms with Crippen molar-refractivity contribution in [1.29, 1.82) is 0 Å². The number of halogens is 1. The summed E-state index contributed by atoms with van der Waals surface area (Å²) in [6, 6.07) is 2.06. The van der Waals surface area contributed by atoms with Crippen LogP contribution in [0.25, 0.3) is 0 Å². The molecular formula is C13H23BrN2O3S2. The fraction of sp³-hybridized carbons (Fsp3) is 0.692. The molecule has 1 aromatic rings. The monoisotopic (exact) mass is 398 g/mol. The molecule has 0 spiro atoms. The number of ether oxygens (including phenoxy) is 1. The summed E-state index contributed by atoms with van der Waals surface area (Å²) >= 11 is 4.76. The van der Waals surface area contributed by atoms with Gasteiger partial charge in [-0.2, -0.15) is 0 Å². The largest absolute Gasteiger partial charge is 0.377 e. The first kappa shape index (κ1) is 19.1. The van der Waals surface area contributed by atoms with Gasteiger partial charge in [0.05, 0.1) is 16.5 Å². The van der Waals surface area contributed by atoms with Gasteiger partial charge in [-0.3, -0.25) is 0 Å². The fourth-order valence-electron chi connectivity index (χ4n) is 1.52. The Morgan fingerprint density at radius 1 is 1.33 bits per heavy atom. The van der Waals surface area contributed by atoms with E-state index < -0.39 is 10.0 Å². The Morgan fingerprint density at radius 3 is 2.57 bits per heavy atom. The van der Waals surface area contributed by atoms with Gasteiger partial charge in [-0.1, -0.05) is 13.8 Å². The summed E-state index contributed by atoms with van der Waals surface area (Å²) in [5.41, 5.74) is 0. The summed E-state index contributed by atoms with van der Waals surface area (Å²) in [5.74, 6) is 0. The van der Waals surface area contributed by atoms with Crippen molar-refractivity contribution in [3.05, 3.63) is 14.7 Å². The van der Waals surface area contributed by atoms with E-state index in [-0.39, 0.29) is 17.5 Å². The van der Waals surface area contributed by atoms with Gasteiger partial charge in [0.1, 0.15) is 4.90 Å². The van der Waals surface area contributed by atoms with Crippen LogP contribution in [-0.4, -0.2) is 33.7 Å². The van der Waals surface area contributed by atoms with E-state index in [4.69, 9.17) is 4.74 Å². The molecule has 0 aliphatic rings. The van der Waals surface area contributed by atoms with Crippen molar-refractivity contribution < 1.29 is 13.2 Å². The standard InChI is InChI=1S/C13H23BrN2O3S2/c1-9(2)15-8-11-7-12(13(14)20-11)21(17,18)16-5-6-19-10(3)4/h7,9-10,15-16H,5-6,8H2,1-4H3. The fourth-order valence-corrected chi connectivity index (χ4v) is 5.17. The highest BCUT2D eigenvalue weighted by Gasteiger charge is 2.20. The molecule has 0 saturated heterocycles. The molecule has 0 saturated carbocycles. The Balaban J connectivity index is 2.65. The zero-order valence-corrected chi connectivity index (χ0v) is 16.0. The number of hydrogen-bond acceptors (Lipinski definition) is 5. The molecule has 0 fully saturated rings. The van der Waals surface area contributed by atoms with Crippen molar-refractivity contribution in [1.82, 2.24) is 10.0 Å². The normalized spacial score (nSPS) is 12.5. The average molecular weight is 399 g/mol. The molecule has 0 unspecified atom stereocenters. The third-order valence-electron chi connectivity index (χ3n) is 2.53. The predicted octanol–water partition coefficient (Wildman–Crippen LogP) is 2.71. The highest BCUT2D eigenvalue weighted by atomic mass is 79.9. The van der Waals surface area contributed by atoms with Crippen LogP contribution >= 0.6 is 27.3 Å². The lowest BCUT2D eigenvalue weighted by Crippen LogP contribution is -2.28. The summed E-state index contributed by atoms with van der Waals surface area (Å²) in [5, 5.41) is 3.27. The quantitative estimate of drug-likeness (QED) is 0.627. The van der Waals surface area contributed by atoms with Crippen LogP contribution in [0, 0.1) is 0 Å². The van der Waals surface area contributed by atoms with Gasteiger partial charge >= 0.3 is 0 Å². The third kappa shape index (κ3) is 6.75. The Morgan fingerprint density at radius 2 is 2.00 bits per heavy atom. The lowest BCUT2D eigenvalue weighted by atomic mass is 10.4. The van der Waals surface area contributed by atoms with Gasteiger partial charge in [-0.25, -0.2) is 13.1 Å². The Labute approximate surface area is 139 Å². The van der Waals surface area contributed by atoms with Gasteiger partial charge in [0.25, 0.3) is 0 Å². The van der Waals surface area contributed by atoms with Crippen LogP contribution < -0.4 is 10.0 Å². The van der Waals surface area contributed by atoms with E-state index in [2.05, 4.69) is 39.8 Å². The van der Waals surface area contributed by atoms with Crippen LogP contribution in [0.3, 0.4) is 0 Å². The Bertz CT molecular complexity index is 542. The first-order chi connectivity index (χ1) is 9.72. The molecule has 1 rings (SSSR count). The first-order valence-corrected chi connectivity index (χ1v) is 9.94. The van der Waals surface area contributed by atoms with Crippen molar-refractivity contribution >= 4 is 37.3 Å². The van der Waals surface area contributed by atoms with Crippen LogP contribution in [0.2, 0.25) is 0 Å². The summed E-state index contributed by atoms with van der Waals surface area (Å²) in [4.78, 5) is 1.27. The van der Waals surface area contributed by atoms with E-state index in [0.29, 0.717) is 23.0 Å². The molecule has 1 heterocycles. The van der Waals surface area contributed by atoms with Gasteiger partial charge in [-0.15, -0.1) is 11.3 Å². The summed E-state index contributed by atoms with van der Waals surface area (Å²) in [7, 11) is -3.50. The summed E-state index contributed by atoms with van der Waals surface area (Å²) < 4.78 is 33.0. The molecule has 1 aromatic heterocycles. The third-order valence-corrected chi connectivity index (χ3v) is 6.24. The maximum absolute atomic E-state index is 12.2. The van der Waals surface area contributed by atoms with Crippen molar-refractivity contribution in [3.63, 3.8) is 0 Å². The number of rotatable bonds is 9. The molecule has 5 nitrogen and oxygen atoms in total. The minimum Gasteiger partial charge on any atom is -0.377 e. The summed E-state index contributed by atoms with van der Waals surface area (Å²) in [6.07, 6.45) is 0.0936. The van der Waals surface area contributed by atoms with Crippen LogP contribution in [-0.2, 0) is 21.3 Å². The second kappa shape index (κ2) is 8.59. The molecule has 0 aliphatic heterocycles. The van der Waals surface area contributed by atoms with Crippen molar-refractivity contribution in [2.75, 3.05) is 13.2 Å². The van der Waals surface area contributed by atoms with Gasteiger partial charge in [0.15, 0.2) is 0 Å². The summed E-state index contributed by atoms with van der Waals surface area (Å²) in [6.45, 7) is 9.22. The smallest absolute Gasteiger partial charge is 0.242 e. The van der Waals surface area contributed by atoms with Gasteiger partial charge < -0.3 is 10.1 Å². The van der Waals surface area contributed by atoms with Crippen molar-refractivity contribution in [3.8, 4) is 0 Å². The second-order valence-electron chi connectivity index (χ2n) is 5.20. The van der Waals surface area contributed by atoms with E-state index in [1.807, 2.05) is 13.8 Å². The number of sulfonamides is 1. The van der Waals surface area contributed by atoms with E-state index >= 15 is 0 Å². The predicted molar refractivity (Wildman–Crippen MR) is 90.3 cm³/mol. The topological polar surface area (TPSA) is 67.4 Å². The molecule has 2 N–H and O–H groups in total. The molecule has 0 bridgehead atoms. The minimum absolute atomic E-state index is 0.0936. The molecule has 8 heteroatoms. The zero-order valence-electron chi connectivity index (χ0n) is 12.8. The molecule has 21 heavy (non-hydrogen) atoms. The van der Waals surface area contributed by atoms with Crippen LogP contribution in [0.5, 0.6) is 0 Å². The van der Waals surface area contributed by atoms with Crippen LogP contribution in [0.1, 0.15) is 32.6 Å². The highest BCUT2D eigenvalue weighted by molar-refractivity contribution is 9.11. The highest BCUT2D eigenvalue weighted by Crippen LogP contribution is 2.31. The second-order valence-corrected chi connectivity index (χ2v) is 9.39. The molecule has 122 valence electrons. The lowest BCUT2D eigenvalue weighted by molar-refractivity contribution is 0.0834. The van der Waals surface area contributed by atoms with E-state index in [9.17, 15) is 8.42 Å². The van der Waals surface area contributed by atoms with E-state index in [0.717, 1.165) is 4.88 Å². The Hall–Kier alpha value is 0.01000. The van der Waals surface area contributed by atoms with E-state index in [1.54, 1.807) is 6.07 Å². The molecular weight excluding hydrogens is 376 g/mol. The maximum atomic E-state index is 12.2. The number of thiophene rings is 1. The molecule has 0 radical (unpaired) electrons. The average Bonchev–Trinajstić information content (AvgIpc) is 2.74. The Kier molecular flexibility index (Phi) is 7.80. The van der Waals surface area contributed by atoms with Crippen molar-refractivity contribution in [2.45, 2.75) is 51.3 Å². The molecule has 0 aromatic carbocycles. The molecule has 0 amide bonds.